The quantitative estimate of drug-likeness (QED) is 0.148. The Balaban J connectivity index is 1.52. The molecule has 1 aliphatic heterocycles. The highest BCUT2D eigenvalue weighted by Gasteiger charge is 2.35. The summed E-state index contributed by atoms with van der Waals surface area (Å²) >= 11 is 7.82. The molecule has 9 nitrogen and oxygen atoms in total. The highest BCUT2D eigenvalue weighted by Crippen LogP contribution is 2.39. The second-order valence-corrected chi connectivity index (χ2v) is 12.4. The third-order valence-electron chi connectivity index (χ3n) is 7.98. The van der Waals surface area contributed by atoms with Crippen LogP contribution in [0.4, 0.5) is 4.39 Å². The summed E-state index contributed by atoms with van der Waals surface area (Å²) in [4.78, 5) is 33.4. The molecule has 0 fully saturated rings. The number of benzene rings is 4. The monoisotopic (exact) mass is 714 g/mol. The molecule has 0 saturated carbocycles. The van der Waals surface area contributed by atoms with Gasteiger partial charge in [-0.1, -0.05) is 77.5 Å². The lowest BCUT2D eigenvalue weighted by Gasteiger charge is -2.26. The van der Waals surface area contributed by atoms with E-state index in [9.17, 15) is 14.0 Å². The van der Waals surface area contributed by atoms with Crippen molar-refractivity contribution < 1.29 is 32.9 Å². The van der Waals surface area contributed by atoms with Crippen LogP contribution in [0, 0.1) is 5.82 Å². The molecular formula is C38H32ClFN2O7S. The minimum Gasteiger partial charge on any atom is -0.493 e. The van der Waals surface area contributed by atoms with Crippen LogP contribution in [0.15, 0.2) is 100 Å². The van der Waals surface area contributed by atoms with Crippen LogP contribution in [0.25, 0.3) is 11.8 Å². The molecule has 0 unspecified atom stereocenters. The fourth-order valence-corrected chi connectivity index (χ4v) is 6.93. The molecule has 2 heterocycles. The van der Waals surface area contributed by atoms with Gasteiger partial charge in [-0.3, -0.25) is 9.36 Å². The number of ether oxygens (including phenoxy) is 5. The number of fused-ring (bicyclic) bond motifs is 1. The standard InChI is InChI=1S/C38H32ClFN2O7S/c1-5-48-37(44)32-33(23-11-7-6-8-12-23)41-38-42(34(32)24-15-16-28(45-2)29(20-24)46-3)36(43)31(50-38)19-22-17-26(39)35(30(18-22)47-4)49-21-25-13-9-10-14-27(25)40/h6-20,34H,5,21H2,1-4H3/b31-19-/t34-/m0/s1. The van der Waals surface area contributed by atoms with Gasteiger partial charge in [-0.15, -0.1) is 0 Å². The van der Waals surface area contributed by atoms with Gasteiger partial charge in [0.15, 0.2) is 27.8 Å². The molecule has 0 bridgehead atoms. The molecule has 5 aromatic rings. The minimum absolute atomic E-state index is 0.0661. The van der Waals surface area contributed by atoms with E-state index >= 15 is 0 Å². The van der Waals surface area contributed by atoms with Crippen molar-refractivity contribution in [3.63, 3.8) is 0 Å². The van der Waals surface area contributed by atoms with E-state index in [4.69, 9.17) is 40.3 Å². The van der Waals surface area contributed by atoms with Gasteiger partial charge >= 0.3 is 5.97 Å². The lowest BCUT2D eigenvalue weighted by molar-refractivity contribution is -0.138. The molecule has 12 heteroatoms. The van der Waals surface area contributed by atoms with Gasteiger partial charge in [-0.05, 0) is 54.5 Å². The van der Waals surface area contributed by atoms with Crippen LogP contribution >= 0.6 is 22.9 Å². The van der Waals surface area contributed by atoms with Crippen LogP contribution in [-0.2, 0) is 16.1 Å². The molecule has 0 aliphatic carbocycles. The largest absolute Gasteiger partial charge is 0.493 e. The van der Waals surface area contributed by atoms with Gasteiger partial charge in [0.05, 0.1) is 54.8 Å². The van der Waals surface area contributed by atoms with Gasteiger partial charge in [0.2, 0.25) is 0 Å². The first-order valence-corrected chi connectivity index (χ1v) is 16.7. The van der Waals surface area contributed by atoms with Crippen molar-refractivity contribution in [2.24, 2.45) is 4.99 Å². The van der Waals surface area contributed by atoms with Crippen molar-refractivity contribution in [2.75, 3.05) is 27.9 Å². The van der Waals surface area contributed by atoms with Crippen molar-refractivity contribution in [2.45, 2.75) is 19.6 Å². The molecule has 0 saturated heterocycles. The zero-order valence-corrected chi connectivity index (χ0v) is 29.1. The third kappa shape index (κ3) is 6.74. The van der Waals surface area contributed by atoms with E-state index in [1.54, 1.807) is 61.5 Å². The number of hydrogen-bond donors (Lipinski definition) is 0. The Morgan fingerprint density at radius 3 is 2.36 bits per heavy atom. The number of methoxy groups -OCH3 is 3. The van der Waals surface area contributed by atoms with Crippen LogP contribution in [0.2, 0.25) is 5.02 Å². The number of hydrogen-bond acceptors (Lipinski definition) is 9. The van der Waals surface area contributed by atoms with E-state index in [2.05, 4.69) is 0 Å². The fourth-order valence-electron chi connectivity index (χ4n) is 5.66. The molecule has 50 heavy (non-hydrogen) atoms. The maximum Gasteiger partial charge on any atom is 0.338 e. The summed E-state index contributed by atoms with van der Waals surface area (Å²) in [6, 6.07) is 23.2. The number of thiazole rings is 1. The van der Waals surface area contributed by atoms with Crippen LogP contribution in [0.5, 0.6) is 23.0 Å². The molecule has 1 aromatic heterocycles. The summed E-state index contributed by atoms with van der Waals surface area (Å²) in [6.07, 6.45) is 1.67. The average molecular weight is 715 g/mol. The zero-order chi connectivity index (χ0) is 35.4. The normalized spacial score (nSPS) is 14.1. The molecule has 4 aromatic carbocycles. The molecule has 0 spiro atoms. The summed E-state index contributed by atoms with van der Waals surface area (Å²) in [5.41, 5.74) is 2.37. The number of carbonyl (C=O) groups is 1. The van der Waals surface area contributed by atoms with Gasteiger partial charge in [-0.25, -0.2) is 14.2 Å². The van der Waals surface area contributed by atoms with E-state index in [0.29, 0.717) is 54.5 Å². The number of esters is 1. The Hall–Kier alpha value is -5.39. The Kier molecular flexibility index (Phi) is 10.4. The van der Waals surface area contributed by atoms with E-state index in [1.165, 1.54) is 32.0 Å². The second-order valence-electron chi connectivity index (χ2n) is 11.0. The average Bonchev–Trinajstić information content (AvgIpc) is 3.44. The number of halogens is 2. The van der Waals surface area contributed by atoms with E-state index < -0.39 is 23.4 Å². The highest BCUT2D eigenvalue weighted by molar-refractivity contribution is 7.07. The molecular weight excluding hydrogens is 683 g/mol. The maximum absolute atomic E-state index is 14.4. The van der Waals surface area contributed by atoms with E-state index in [1.807, 2.05) is 30.3 Å². The maximum atomic E-state index is 14.4. The number of aromatic nitrogens is 1. The first kappa shape index (κ1) is 34.5. The van der Waals surface area contributed by atoms with Crippen LogP contribution in [-0.4, -0.2) is 38.5 Å². The Morgan fingerprint density at radius 2 is 1.66 bits per heavy atom. The fraction of sp³-hybridized carbons (Fsp3) is 0.184. The van der Waals surface area contributed by atoms with Crippen molar-refractivity contribution in [3.8, 4) is 23.0 Å². The highest BCUT2D eigenvalue weighted by atomic mass is 35.5. The predicted octanol–water partition coefficient (Wildman–Crippen LogP) is 6.33. The van der Waals surface area contributed by atoms with Crippen LogP contribution < -0.4 is 33.8 Å². The summed E-state index contributed by atoms with van der Waals surface area (Å²) in [5, 5.41) is 0.207. The van der Waals surface area contributed by atoms with Crippen LogP contribution in [0.3, 0.4) is 0 Å². The van der Waals surface area contributed by atoms with Gasteiger partial charge < -0.3 is 23.7 Å². The number of rotatable bonds is 11. The van der Waals surface area contributed by atoms with Crippen molar-refractivity contribution in [3.05, 3.63) is 143 Å². The van der Waals surface area contributed by atoms with Gasteiger partial charge in [0.1, 0.15) is 12.4 Å². The molecule has 256 valence electrons. The van der Waals surface area contributed by atoms with Gasteiger partial charge in [-0.2, -0.15) is 0 Å². The summed E-state index contributed by atoms with van der Waals surface area (Å²) in [5.74, 6) is 0.436. The van der Waals surface area contributed by atoms with E-state index in [-0.39, 0.29) is 29.6 Å². The minimum atomic E-state index is -0.922. The predicted molar refractivity (Wildman–Crippen MR) is 189 cm³/mol. The van der Waals surface area contributed by atoms with Gasteiger partial charge in [0.25, 0.3) is 5.56 Å². The Bertz CT molecular complexity index is 2280. The zero-order valence-electron chi connectivity index (χ0n) is 27.6. The lowest BCUT2D eigenvalue weighted by Crippen LogP contribution is -2.40. The molecule has 6 rings (SSSR count). The SMILES string of the molecule is CCOC(=O)C1=C(c2ccccc2)N=c2s/c(=C\c3cc(Cl)c(OCc4ccccc4F)c(OC)c3)c(=O)n2[C@H]1c1ccc(OC)c(OC)c1. The number of nitrogens with zero attached hydrogens (tertiary/aromatic N) is 2. The van der Waals surface area contributed by atoms with Crippen molar-refractivity contribution in [1.29, 1.82) is 0 Å². The van der Waals surface area contributed by atoms with Crippen molar-refractivity contribution in [1.82, 2.24) is 4.57 Å². The van der Waals surface area contributed by atoms with Crippen LogP contribution in [0.1, 0.15) is 35.2 Å². The van der Waals surface area contributed by atoms with Crippen molar-refractivity contribution >= 4 is 40.7 Å². The summed E-state index contributed by atoms with van der Waals surface area (Å²) < 4.78 is 44.1. The molecule has 0 N–H and O–H groups in total. The second kappa shape index (κ2) is 15.0. The first-order valence-electron chi connectivity index (χ1n) is 15.5. The number of carbonyl (C=O) groups excluding carboxylic acids is 1. The molecule has 1 aliphatic rings. The van der Waals surface area contributed by atoms with Gasteiger partial charge in [0, 0.05) is 11.1 Å². The lowest BCUT2D eigenvalue weighted by atomic mass is 9.93. The summed E-state index contributed by atoms with van der Waals surface area (Å²) in [6.45, 7) is 1.77. The van der Waals surface area contributed by atoms with E-state index in [0.717, 1.165) is 11.3 Å². The molecule has 0 amide bonds. The molecule has 0 radical (unpaired) electrons. The first-order chi connectivity index (χ1) is 24.3. The Morgan fingerprint density at radius 1 is 0.940 bits per heavy atom. The smallest absolute Gasteiger partial charge is 0.338 e. The molecule has 1 atom stereocenters. The Labute approximate surface area is 296 Å². The summed E-state index contributed by atoms with van der Waals surface area (Å²) in [7, 11) is 4.51. The topological polar surface area (TPSA) is 97.6 Å². The third-order valence-corrected chi connectivity index (χ3v) is 9.24.